The lowest BCUT2D eigenvalue weighted by atomic mass is 10.1. The monoisotopic (exact) mass is 366 g/mol. The molecular weight excluding hydrogens is 352 g/mol. The Labute approximate surface area is 127 Å². The van der Waals surface area contributed by atoms with Crippen LogP contribution in [0.2, 0.25) is 5.02 Å². The Bertz CT molecular complexity index is 524. The lowest BCUT2D eigenvalue weighted by Gasteiger charge is -2.12. The number of rotatable bonds is 5. The Balaban J connectivity index is 2.01. The predicted molar refractivity (Wildman–Crippen MR) is 79.9 cm³/mol. The van der Waals surface area contributed by atoms with Crippen LogP contribution in [0.5, 0.6) is 0 Å². The fourth-order valence-corrected chi connectivity index (χ4v) is 4.95. The van der Waals surface area contributed by atoms with Gasteiger partial charge in [-0.2, -0.15) is 0 Å². The van der Waals surface area contributed by atoms with Gasteiger partial charge in [0.1, 0.15) is 4.90 Å². The van der Waals surface area contributed by atoms with Crippen LogP contribution >= 0.6 is 27.5 Å². The first-order valence-corrected chi connectivity index (χ1v) is 8.80. The van der Waals surface area contributed by atoms with Crippen LogP contribution in [0.1, 0.15) is 12.8 Å². The fourth-order valence-electron chi connectivity index (χ4n) is 2.17. The highest BCUT2D eigenvalue weighted by molar-refractivity contribution is 9.10. The van der Waals surface area contributed by atoms with Crippen molar-refractivity contribution in [1.82, 2.24) is 10.0 Å². The summed E-state index contributed by atoms with van der Waals surface area (Å²) in [6.45, 7) is 2.43. The topological polar surface area (TPSA) is 58.2 Å². The van der Waals surface area contributed by atoms with Gasteiger partial charge in [0.2, 0.25) is 10.0 Å². The fraction of sp³-hybridized carbons (Fsp3) is 0.500. The Morgan fingerprint density at radius 3 is 2.89 bits per heavy atom. The highest BCUT2D eigenvalue weighted by Gasteiger charge is 2.21. The van der Waals surface area contributed by atoms with E-state index in [0.717, 1.165) is 25.9 Å². The van der Waals surface area contributed by atoms with Crippen molar-refractivity contribution in [2.24, 2.45) is 5.92 Å². The lowest BCUT2D eigenvalue weighted by molar-refractivity contribution is 0.519. The van der Waals surface area contributed by atoms with E-state index in [1.165, 1.54) is 0 Å². The number of nitrogens with one attached hydrogen (secondary N) is 2. The summed E-state index contributed by atoms with van der Waals surface area (Å²) in [6, 6.07) is 4.94. The number of sulfonamides is 1. The molecule has 19 heavy (non-hydrogen) atoms. The van der Waals surface area contributed by atoms with Gasteiger partial charge in [-0.3, -0.25) is 0 Å². The van der Waals surface area contributed by atoms with Crippen molar-refractivity contribution in [2.75, 3.05) is 19.6 Å². The average molecular weight is 368 g/mol. The van der Waals surface area contributed by atoms with Crippen molar-refractivity contribution in [2.45, 2.75) is 17.7 Å². The number of hydrogen-bond donors (Lipinski definition) is 2. The largest absolute Gasteiger partial charge is 0.316 e. The van der Waals surface area contributed by atoms with Crippen LogP contribution in [0, 0.1) is 5.92 Å². The molecule has 1 aliphatic rings. The molecule has 0 aliphatic carbocycles. The molecule has 106 valence electrons. The van der Waals surface area contributed by atoms with Crippen molar-refractivity contribution in [3.05, 3.63) is 27.7 Å². The van der Waals surface area contributed by atoms with E-state index in [4.69, 9.17) is 11.6 Å². The van der Waals surface area contributed by atoms with E-state index in [1.807, 2.05) is 0 Å². The lowest BCUT2D eigenvalue weighted by Crippen LogP contribution is -2.27. The van der Waals surface area contributed by atoms with Gasteiger partial charge in [-0.25, -0.2) is 13.1 Å². The molecule has 0 spiro atoms. The molecule has 1 atom stereocenters. The molecule has 1 fully saturated rings. The molecule has 2 rings (SSSR count). The van der Waals surface area contributed by atoms with E-state index in [1.54, 1.807) is 18.2 Å². The van der Waals surface area contributed by atoms with Gasteiger partial charge in [-0.05, 0) is 59.9 Å². The predicted octanol–water partition coefficient (Wildman–Crippen LogP) is 2.38. The maximum Gasteiger partial charge on any atom is 0.243 e. The van der Waals surface area contributed by atoms with E-state index in [-0.39, 0.29) is 9.92 Å². The van der Waals surface area contributed by atoms with Crippen molar-refractivity contribution in [1.29, 1.82) is 0 Å². The van der Waals surface area contributed by atoms with Gasteiger partial charge in [0.05, 0.1) is 5.02 Å². The Hall–Kier alpha value is -0.140. The number of benzene rings is 1. The van der Waals surface area contributed by atoms with Gasteiger partial charge < -0.3 is 5.32 Å². The van der Waals surface area contributed by atoms with E-state index < -0.39 is 10.0 Å². The van der Waals surface area contributed by atoms with Crippen LogP contribution in [0.3, 0.4) is 0 Å². The van der Waals surface area contributed by atoms with Crippen LogP contribution < -0.4 is 10.0 Å². The second kappa shape index (κ2) is 6.54. The second-order valence-corrected chi connectivity index (χ2v) is 7.56. The zero-order chi connectivity index (χ0) is 13.9. The summed E-state index contributed by atoms with van der Waals surface area (Å²) in [7, 11) is -3.56. The van der Waals surface area contributed by atoms with Crippen LogP contribution in [0.4, 0.5) is 0 Å². The first-order chi connectivity index (χ1) is 9.00. The standard InChI is InChI=1S/C12H16BrClN2O2S/c13-10-2-1-3-11(14)12(10)19(17,18)16-7-5-9-4-6-15-8-9/h1-3,9,15-16H,4-8H2. The summed E-state index contributed by atoms with van der Waals surface area (Å²) in [6.07, 6.45) is 1.95. The number of halogens is 2. The first kappa shape index (κ1) is 15.3. The highest BCUT2D eigenvalue weighted by Crippen LogP contribution is 2.29. The van der Waals surface area contributed by atoms with Crippen molar-refractivity contribution < 1.29 is 8.42 Å². The van der Waals surface area contributed by atoms with Gasteiger partial charge in [-0.1, -0.05) is 17.7 Å². The normalized spacial score (nSPS) is 19.8. The Kier molecular flexibility index (Phi) is 5.25. The third-order valence-electron chi connectivity index (χ3n) is 3.19. The van der Waals surface area contributed by atoms with Crippen molar-refractivity contribution in [3.63, 3.8) is 0 Å². The zero-order valence-corrected chi connectivity index (χ0v) is 13.5. The summed E-state index contributed by atoms with van der Waals surface area (Å²) in [4.78, 5) is 0.112. The van der Waals surface area contributed by atoms with Gasteiger partial charge in [0, 0.05) is 11.0 Å². The highest BCUT2D eigenvalue weighted by atomic mass is 79.9. The van der Waals surface area contributed by atoms with Gasteiger partial charge in [0.25, 0.3) is 0 Å². The van der Waals surface area contributed by atoms with Crippen LogP contribution in [-0.2, 0) is 10.0 Å². The average Bonchev–Trinajstić information content (AvgIpc) is 2.81. The summed E-state index contributed by atoms with van der Waals surface area (Å²) in [5.74, 6) is 0.553. The molecule has 1 heterocycles. The van der Waals surface area contributed by atoms with E-state index in [2.05, 4.69) is 26.0 Å². The summed E-state index contributed by atoms with van der Waals surface area (Å²) >= 11 is 9.19. The second-order valence-electron chi connectivity index (χ2n) is 4.60. The van der Waals surface area contributed by atoms with E-state index >= 15 is 0 Å². The van der Waals surface area contributed by atoms with Gasteiger partial charge in [0.15, 0.2) is 0 Å². The third kappa shape index (κ3) is 3.92. The summed E-state index contributed by atoms with van der Waals surface area (Å²) in [5.41, 5.74) is 0. The minimum atomic E-state index is -3.56. The summed E-state index contributed by atoms with van der Waals surface area (Å²) < 4.78 is 27.5. The first-order valence-electron chi connectivity index (χ1n) is 6.15. The maximum absolute atomic E-state index is 12.2. The smallest absolute Gasteiger partial charge is 0.243 e. The SMILES string of the molecule is O=S(=O)(NCCC1CCNC1)c1c(Cl)cccc1Br. The van der Waals surface area contributed by atoms with E-state index in [9.17, 15) is 8.42 Å². The third-order valence-corrected chi connectivity index (χ3v) is 6.11. The Morgan fingerprint density at radius 1 is 1.47 bits per heavy atom. The molecule has 1 aromatic rings. The minimum Gasteiger partial charge on any atom is -0.316 e. The van der Waals surface area contributed by atoms with Crippen molar-refractivity contribution in [3.8, 4) is 0 Å². The number of hydrogen-bond acceptors (Lipinski definition) is 3. The molecule has 4 nitrogen and oxygen atoms in total. The molecular formula is C12H16BrClN2O2S. The zero-order valence-electron chi connectivity index (χ0n) is 10.3. The van der Waals surface area contributed by atoms with Gasteiger partial charge in [-0.15, -0.1) is 0 Å². The molecule has 1 saturated heterocycles. The molecule has 1 aliphatic heterocycles. The Morgan fingerprint density at radius 2 is 2.26 bits per heavy atom. The molecule has 0 saturated carbocycles. The molecule has 1 aromatic carbocycles. The van der Waals surface area contributed by atoms with Crippen LogP contribution in [0.15, 0.2) is 27.6 Å². The quantitative estimate of drug-likeness (QED) is 0.840. The molecule has 0 bridgehead atoms. The van der Waals surface area contributed by atoms with Crippen LogP contribution in [0.25, 0.3) is 0 Å². The minimum absolute atomic E-state index is 0.112. The summed E-state index contributed by atoms with van der Waals surface area (Å²) in [5, 5.41) is 3.49. The molecule has 1 unspecified atom stereocenters. The molecule has 2 N–H and O–H groups in total. The van der Waals surface area contributed by atoms with Gasteiger partial charge >= 0.3 is 0 Å². The molecule has 0 radical (unpaired) electrons. The molecule has 7 heteroatoms. The molecule has 0 amide bonds. The maximum atomic E-state index is 12.2. The van der Waals surface area contributed by atoms with E-state index in [0.29, 0.717) is 16.9 Å². The van der Waals surface area contributed by atoms with Crippen LogP contribution in [-0.4, -0.2) is 28.1 Å². The molecule has 0 aromatic heterocycles. The van der Waals surface area contributed by atoms with Crippen molar-refractivity contribution >= 4 is 37.6 Å².